The predicted octanol–water partition coefficient (Wildman–Crippen LogP) is 20.4. The zero-order chi connectivity index (χ0) is 49.8. The summed E-state index contributed by atoms with van der Waals surface area (Å²) >= 11 is 0. The van der Waals surface area contributed by atoms with Crippen LogP contribution in [-0.2, 0) is 5.41 Å². The van der Waals surface area contributed by atoms with Gasteiger partial charge < -0.3 is 18.6 Å². The molecule has 0 spiro atoms. The summed E-state index contributed by atoms with van der Waals surface area (Å²) in [4.78, 5) is 4.73. The van der Waals surface area contributed by atoms with Crippen molar-refractivity contribution in [2.75, 3.05) is 9.80 Å². The Hall–Kier alpha value is -9.64. The number of anilines is 6. The lowest BCUT2D eigenvalue weighted by molar-refractivity contribution is 0.645. The zero-order valence-electron chi connectivity index (χ0n) is 41.5. The van der Waals surface area contributed by atoms with Gasteiger partial charge in [-0.1, -0.05) is 202 Å². The van der Waals surface area contributed by atoms with Crippen molar-refractivity contribution in [3.8, 4) is 33.4 Å². The minimum Gasteiger partial charge on any atom is -0.454 e. The Morgan fingerprint density at radius 3 is 1.52 bits per heavy atom. The molecule has 0 bridgehead atoms. The van der Waals surface area contributed by atoms with Crippen molar-refractivity contribution in [3.63, 3.8) is 0 Å². The molecule has 0 fully saturated rings. The van der Waals surface area contributed by atoms with Gasteiger partial charge in [0, 0.05) is 55.3 Å². The van der Waals surface area contributed by atoms with Crippen molar-refractivity contribution in [1.82, 2.24) is 0 Å². The third kappa shape index (κ3) is 6.56. The van der Waals surface area contributed by atoms with Gasteiger partial charge in [0.25, 0.3) is 0 Å². The molecule has 2 heterocycles. The molecular formula is C71H48N2O2. The monoisotopic (exact) mass is 960 g/mol. The fraction of sp³-hybridized carbons (Fsp3) is 0.0423. The second-order valence-electron chi connectivity index (χ2n) is 20.3. The van der Waals surface area contributed by atoms with Crippen molar-refractivity contribution in [1.29, 1.82) is 0 Å². The predicted molar refractivity (Wildman–Crippen MR) is 314 cm³/mol. The van der Waals surface area contributed by atoms with E-state index in [1.807, 2.05) is 6.07 Å². The highest BCUT2D eigenvalue weighted by Crippen LogP contribution is 2.57. The lowest BCUT2D eigenvalue weighted by atomic mass is 9.66. The zero-order valence-corrected chi connectivity index (χ0v) is 41.5. The van der Waals surface area contributed by atoms with Gasteiger partial charge in [-0.15, -0.1) is 0 Å². The molecule has 2 aromatic heterocycles. The number of para-hydroxylation sites is 6. The Balaban J connectivity index is 0.960. The molecular weight excluding hydrogens is 913 g/mol. The van der Waals surface area contributed by atoms with Crippen LogP contribution in [0.3, 0.4) is 0 Å². The van der Waals surface area contributed by atoms with E-state index in [-0.39, 0.29) is 5.41 Å². The molecule has 14 aromatic rings. The van der Waals surface area contributed by atoms with E-state index in [9.17, 15) is 0 Å². The molecule has 15 rings (SSSR count). The second-order valence-corrected chi connectivity index (χ2v) is 20.3. The largest absolute Gasteiger partial charge is 0.454 e. The van der Waals surface area contributed by atoms with Crippen LogP contribution >= 0.6 is 0 Å². The van der Waals surface area contributed by atoms with Gasteiger partial charge in [0.05, 0.1) is 11.4 Å². The molecule has 4 nitrogen and oxygen atoms in total. The Labute approximate surface area is 434 Å². The molecule has 0 amide bonds. The molecule has 1 aliphatic carbocycles. The van der Waals surface area contributed by atoms with Crippen LogP contribution in [0.25, 0.3) is 98.8 Å². The van der Waals surface area contributed by atoms with E-state index in [0.717, 1.165) is 89.1 Å². The summed E-state index contributed by atoms with van der Waals surface area (Å²) in [6.07, 6.45) is 0. The number of rotatable bonds is 8. The standard InChI is InChI=1S/C71H48N2O2/c1-71(2)60-35-18-31-53-59-43-49(72(47-25-11-5-12-26-47)62-36-19-33-55-52-29-15-16-38-64(52)74-69(55)62)39-41-54(59)65(46-23-9-4-10-24-46)67(66(53)60)58-42-40-50(44-61(58)71)73(48-27-13-6-14-28-48)63-37-20-34-57-56-32-17-30-51(68(56)75-70(57)63)45-21-7-3-8-22-45/h3-44H,1-2H3. The summed E-state index contributed by atoms with van der Waals surface area (Å²) in [6, 6.07) is 91.9. The Morgan fingerprint density at radius 1 is 0.307 bits per heavy atom. The molecule has 0 radical (unpaired) electrons. The first-order valence-electron chi connectivity index (χ1n) is 25.8. The maximum atomic E-state index is 7.09. The summed E-state index contributed by atoms with van der Waals surface area (Å²) < 4.78 is 13.8. The summed E-state index contributed by atoms with van der Waals surface area (Å²) in [5.41, 5.74) is 19.0. The van der Waals surface area contributed by atoms with Gasteiger partial charge in [0.15, 0.2) is 11.2 Å². The first-order chi connectivity index (χ1) is 37.0. The van der Waals surface area contributed by atoms with Crippen LogP contribution in [0.5, 0.6) is 0 Å². The lowest BCUT2D eigenvalue weighted by Gasteiger charge is -2.38. The smallest absolute Gasteiger partial charge is 0.159 e. The summed E-state index contributed by atoms with van der Waals surface area (Å²) in [6.45, 7) is 4.80. The molecule has 0 saturated heterocycles. The fourth-order valence-electron chi connectivity index (χ4n) is 12.4. The number of nitrogens with zero attached hydrogens (tertiary/aromatic N) is 2. The van der Waals surface area contributed by atoms with Crippen molar-refractivity contribution in [3.05, 3.63) is 266 Å². The number of hydrogen-bond acceptors (Lipinski definition) is 4. The van der Waals surface area contributed by atoms with E-state index in [0.29, 0.717) is 0 Å². The molecule has 354 valence electrons. The molecule has 0 atom stereocenters. The number of fused-ring (bicyclic) bond motifs is 10. The van der Waals surface area contributed by atoms with Crippen LogP contribution in [0, 0.1) is 0 Å². The molecule has 0 aliphatic heterocycles. The van der Waals surface area contributed by atoms with E-state index in [4.69, 9.17) is 8.83 Å². The van der Waals surface area contributed by atoms with Crippen LogP contribution < -0.4 is 9.80 Å². The Kier molecular flexibility index (Phi) is 9.58. The average molecular weight is 961 g/mol. The SMILES string of the molecule is CC1(C)c2cc(N(c3ccccc3)c3cccc4c3oc3c(-c5ccccc5)cccc34)ccc2-c2c(-c3ccccc3)c3ccc(N(c4ccccc4)c4cccc5c4oc4ccccc45)cc3c3cccc1c23. The van der Waals surface area contributed by atoms with Crippen LogP contribution in [0.4, 0.5) is 34.1 Å². The van der Waals surface area contributed by atoms with Crippen molar-refractivity contribution >= 4 is 99.5 Å². The highest BCUT2D eigenvalue weighted by atomic mass is 16.3. The molecule has 75 heavy (non-hydrogen) atoms. The van der Waals surface area contributed by atoms with Crippen molar-refractivity contribution in [2.24, 2.45) is 0 Å². The summed E-state index contributed by atoms with van der Waals surface area (Å²) in [5, 5.41) is 9.31. The van der Waals surface area contributed by atoms with E-state index in [1.165, 1.54) is 54.9 Å². The third-order valence-corrected chi connectivity index (χ3v) is 15.8. The fourth-order valence-corrected chi connectivity index (χ4v) is 12.4. The van der Waals surface area contributed by atoms with Crippen LogP contribution in [-0.4, -0.2) is 0 Å². The van der Waals surface area contributed by atoms with Crippen molar-refractivity contribution < 1.29 is 8.83 Å². The van der Waals surface area contributed by atoms with E-state index < -0.39 is 0 Å². The van der Waals surface area contributed by atoms with Gasteiger partial charge in [-0.2, -0.15) is 0 Å². The second kappa shape index (κ2) is 16.7. The molecule has 0 unspecified atom stereocenters. The normalized spacial score (nSPS) is 12.8. The molecule has 4 heteroatoms. The van der Waals surface area contributed by atoms with Gasteiger partial charge in [0.1, 0.15) is 11.2 Å². The van der Waals surface area contributed by atoms with E-state index in [2.05, 4.69) is 272 Å². The third-order valence-electron chi connectivity index (χ3n) is 15.8. The Bertz CT molecular complexity index is 4560. The van der Waals surface area contributed by atoms with Crippen LogP contribution in [0.1, 0.15) is 25.0 Å². The van der Waals surface area contributed by atoms with Gasteiger partial charge >= 0.3 is 0 Å². The van der Waals surface area contributed by atoms with Gasteiger partial charge in [0.2, 0.25) is 0 Å². The van der Waals surface area contributed by atoms with Crippen molar-refractivity contribution in [2.45, 2.75) is 19.3 Å². The minimum absolute atomic E-state index is 0.386. The minimum atomic E-state index is -0.386. The number of benzene rings is 12. The first-order valence-corrected chi connectivity index (χ1v) is 25.8. The van der Waals surface area contributed by atoms with Gasteiger partial charge in [-0.05, 0) is 127 Å². The highest BCUT2D eigenvalue weighted by molar-refractivity contribution is 6.25. The van der Waals surface area contributed by atoms with E-state index >= 15 is 0 Å². The first kappa shape index (κ1) is 43.0. The quantitative estimate of drug-likeness (QED) is 0.142. The van der Waals surface area contributed by atoms with E-state index in [1.54, 1.807) is 0 Å². The van der Waals surface area contributed by atoms with Gasteiger partial charge in [-0.3, -0.25) is 0 Å². The maximum absolute atomic E-state index is 7.09. The number of furan rings is 2. The Morgan fingerprint density at radius 2 is 0.827 bits per heavy atom. The highest BCUT2D eigenvalue weighted by Gasteiger charge is 2.37. The summed E-state index contributed by atoms with van der Waals surface area (Å²) in [7, 11) is 0. The molecule has 1 aliphatic rings. The molecule has 0 N–H and O–H groups in total. The number of hydrogen-bond donors (Lipinski definition) is 0. The lowest BCUT2D eigenvalue weighted by Crippen LogP contribution is -2.24. The molecule has 12 aromatic carbocycles. The average Bonchev–Trinajstić information content (AvgIpc) is 4.15. The van der Waals surface area contributed by atoms with Crippen LogP contribution in [0.2, 0.25) is 0 Å². The van der Waals surface area contributed by atoms with Crippen LogP contribution in [0.15, 0.2) is 264 Å². The maximum Gasteiger partial charge on any atom is 0.159 e. The summed E-state index contributed by atoms with van der Waals surface area (Å²) in [5.74, 6) is 0. The van der Waals surface area contributed by atoms with Gasteiger partial charge in [-0.25, -0.2) is 0 Å². The topological polar surface area (TPSA) is 32.8 Å². The molecule has 0 saturated carbocycles.